The first-order valence-electron chi connectivity index (χ1n) is 8.31. The Morgan fingerprint density at radius 3 is 2.73 bits per heavy atom. The summed E-state index contributed by atoms with van der Waals surface area (Å²) in [6, 6.07) is 13.7. The molecule has 130 valence electrons. The van der Waals surface area contributed by atoms with Crippen LogP contribution in [0.15, 0.2) is 53.3 Å². The fourth-order valence-electron chi connectivity index (χ4n) is 3.21. The van der Waals surface area contributed by atoms with E-state index in [-0.39, 0.29) is 5.91 Å². The van der Waals surface area contributed by atoms with Crippen molar-refractivity contribution in [3.8, 4) is 16.8 Å². The number of aryl methyl sites for hydroxylation is 2. The molecule has 0 saturated heterocycles. The van der Waals surface area contributed by atoms with Crippen LogP contribution in [0, 0.1) is 13.8 Å². The van der Waals surface area contributed by atoms with Crippen LogP contribution >= 0.6 is 0 Å². The van der Waals surface area contributed by atoms with Gasteiger partial charge in [0.2, 0.25) is 0 Å². The van der Waals surface area contributed by atoms with Crippen LogP contribution in [0.2, 0.25) is 0 Å². The van der Waals surface area contributed by atoms with Gasteiger partial charge in [-0.2, -0.15) is 0 Å². The molecule has 0 spiro atoms. The Kier molecular flexibility index (Phi) is 3.80. The van der Waals surface area contributed by atoms with Crippen LogP contribution in [0.1, 0.15) is 21.8 Å². The highest BCUT2D eigenvalue weighted by atomic mass is 16.5. The van der Waals surface area contributed by atoms with E-state index in [1.54, 1.807) is 25.5 Å². The first-order valence-corrected chi connectivity index (χ1v) is 8.31. The average Bonchev–Trinajstić information content (AvgIpc) is 3.23. The van der Waals surface area contributed by atoms with Gasteiger partial charge in [0.25, 0.3) is 5.91 Å². The van der Waals surface area contributed by atoms with Crippen molar-refractivity contribution >= 4 is 16.9 Å². The predicted octanol–water partition coefficient (Wildman–Crippen LogP) is 3.66. The van der Waals surface area contributed by atoms with E-state index >= 15 is 0 Å². The molecule has 0 aliphatic rings. The standard InChI is InChI=1S/C20H18N4O2/c1-12-19(13(2)26-23-12)14-5-4-6-16(9-14)24-11-22-17-10-15(20(25)21-3)7-8-18(17)24/h4-11H,1-3H3,(H,21,25). The van der Waals surface area contributed by atoms with Crippen LogP contribution in [0.5, 0.6) is 0 Å². The molecule has 2 aromatic heterocycles. The number of imidazole rings is 1. The van der Waals surface area contributed by atoms with Crippen molar-refractivity contribution in [3.05, 3.63) is 65.8 Å². The molecule has 2 aromatic carbocycles. The molecule has 26 heavy (non-hydrogen) atoms. The third-order valence-corrected chi connectivity index (χ3v) is 4.48. The van der Waals surface area contributed by atoms with Gasteiger partial charge in [0, 0.05) is 23.9 Å². The first-order chi connectivity index (χ1) is 12.6. The van der Waals surface area contributed by atoms with E-state index in [0.717, 1.165) is 39.3 Å². The summed E-state index contributed by atoms with van der Waals surface area (Å²) >= 11 is 0. The second-order valence-corrected chi connectivity index (χ2v) is 6.15. The quantitative estimate of drug-likeness (QED) is 0.614. The molecule has 6 nitrogen and oxygen atoms in total. The molecule has 0 bridgehead atoms. The fourth-order valence-corrected chi connectivity index (χ4v) is 3.21. The Labute approximate surface area is 150 Å². The summed E-state index contributed by atoms with van der Waals surface area (Å²) in [5, 5.41) is 6.67. The average molecular weight is 346 g/mol. The van der Waals surface area contributed by atoms with Gasteiger partial charge in [0.05, 0.1) is 16.7 Å². The molecule has 0 saturated carbocycles. The Morgan fingerprint density at radius 2 is 2.00 bits per heavy atom. The van der Waals surface area contributed by atoms with Gasteiger partial charge in [-0.1, -0.05) is 17.3 Å². The highest BCUT2D eigenvalue weighted by Gasteiger charge is 2.13. The topological polar surface area (TPSA) is 73.0 Å². The summed E-state index contributed by atoms with van der Waals surface area (Å²) in [6.07, 6.45) is 1.77. The molecule has 4 aromatic rings. The van der Waals surface area contributed by atoms with Crippen LogP contribution in [-0.2, 0) is 0 Å². The minimum atomic E-state index is -0.123. The van der Waals surface area contributed by atoms with Gasteiger partial charge in [0.1, 0.15) is 12.1 Å². The fraction of sp³-hybridized carbons (Fsp3) is 0.150. The number of amides is 1. The SMILES string of the molecule is CNC(=O)c1ccc2c(c1)ncn2-c1cccc(-c2c(C)noc2C)c1. The molecule has 6 heteroatoms. The zero-order chi connectivity index (χ0) is 18.3. The number of rotatable bonds is 3. The van der Waals surface area contributed by atoms with Gasteiger partial charge >= 0.3 is 0 Å². The van der Waals surface area contributed by atoms with Crippen LogP contribution < -0.4 is 5.32 Å². The summed E-state index contributed by atoms with van der Waals surface area (Å²) in [4.78, 5) is 16.3. The number of hydrogen-bond donors (Lipinski definition) is 1. The maximum absolute atomic E-state index is 11.8. The van der Waals surface area contributed by atoms with E-state index in [4.69, 9.17) is 4.52 Å². The number of nitrogens with zero attached hydrogens (tertiary/aromatic N) is 3. The van der Waals surface area contributed by atoms with Crippen molar-refractivity contribution < 1.29 is 9.32 Å². The molecular formula is C20H18N4O2. The Morgan fingerprint density at radius 1 is 1.15 bits per heavy atom. The maximum Gasteiger partial charge on any atom is 0.251 e. The maximum atomic E-state index is 11.8. The van der Waals surface area contributed by atoms with E-state index in [1.807, 2.05) is 42.7 Å². The van der Waals surface area contributed by atoms with E-state index in [2.05, 4.69) is 21.5 Å². The van der Waals surface area contributed by atoms with E-state index in [0.29, 0.717) is 5.56 Å². The van der Waals surface area contributed by atoms with Crippen molar-refractivity contribution in [2.45, 2.75) is 13.8 Å². The van der Waals surface area contributed by atoms with Crippen LogP contribution in [-0.4, -0.2) is 27.7 Å². The largest absolute Gasteiger partial charge is 0.361 e. The second-order valence-electron chi connectivity index (χ2n) is 6.15. The van der Waals surface area contributed by atoms with Crippen LogP contribution in [0.4, 0.5) is 0 Å². The van der Waals surface area contributed by atoms with Crippen molar-refractivity contribution in [1.29, 1.82) is 0 Å². The van der Waals surface area contributed by atoms with Gasteiger partial charge in [-0.05, 0) is 49.7 Å². The molecule has 0 unspecified atom stereocenters. The number of fused-ring (bicyclic) bond motifs is 1. The Bertz CT molecular complexity index is 1100. The van der Waals surface area contributed by atoms with Crippen molar-refractivity contribution in [1.82, 2.24) is 20.0 Å². The summed E-state index contributed by atoms with van der Waals surface area (Å²) in [6.45, 7) is 3.85. The Hall–Kier alpha value is -3.41. The summed E-state index contributed by atoms with van der Waals surface area (Å²) in [5.41, 5.74) is 6.21. The lowest BCUT2D eigenvalue weighted by Gasteiger charge is -2.08. The van der Waals surface area contributed by atoms with E-state index in [9.17, 15) is 4.79 Å². The Balaban J connectivity index is 1.81. The first kappa shape index (κ1) is 16.1. The smallest absolute Gasteiger partial charge is 0.251 e. The minimum Gasteiger partial charge on any atom is -0.361 e. The molecule has 0 radical (unpaired) electrons. The lowest BCUT2D eigenvalue weighted by Crippen LogP contribution is -2.17. The summed E-state index contributed by atoms with van der Waals surface area (Å²) in [5.74, 6) is 0.673. The monoisotopic (exact) mass is 346 g/mol. The van der Waals surface area contributed by atoms with Crippen LogP contribution in [0.3, 0.4) is 0 Å². The zero-order valence-electron chi connectivity index (χ0n) is 14.8. The van der Waals surface area contributed by atoms with Gasteiger partial charge in [0.15, 0.2) is 0 Å². The van der Waals surface area contributed by atoms with Crippen molar-refractivity contribution in [2.24, 2.45) is 0 Å². The van der Waals surface area contributed by atoms with Gasteiger partial charge < -0.3 is 9.84 Å². The molecule has 2 heterocycles. The zero-order valence-corrected chi connectivity index (χ0v) is 14.8. The van der Waals surface area contributed by atoms with Gasteiger partial charge in [-0.3, -0.25) is 9.36 Å². The number of hydrogen-bond acceptors (Lipinski definition) is 4. The molecular weight excluding hydrogens is 328 g/mol. The predicted molar refractivity (Wildman–Crippen MR) is 99.4 cm³/mol. The summed E-state index contributed by atoms with van der Waals surface area (Å²) < 4.78 is 7.29. The van der Waals surface area contributed by atoms with Crippen LogP contribution in [0.25, 0.3) is 27.8 Å². The normalized spacial score (nSPS) is 11.0. The third-order valence-electron chi connectivity index (χ3n) is 4.48. The van der Waals surface area contributed by atoms with Gasteiger partial charge in [-0.25, -0.2) is 4.98 Å². The molecule has 0 aliphatic heterocycles. The lowest BCUT2D eigenvalue weighted by molar-refractivity contribution is 0.0963. The molecule has 1 amide bonds. The molecule has 0 atom stereocenters. The molecule has 0 fully saturated rings. The number of carbonyl (C=O) groups is 1. The second kappa shape index (κ2) is 6.15. The third kappa shape index (κ3) is 2.56. The van der Waals surface area contributed by atoms with E-state index < -0.39 is 0 Å². The van der Waals surface area contributed by atoms with Crippen molar-refractivity contribution in [2.75, 3.05) is 7.05 Å². The number of nitrogens with one attached hydrogen (secondary N) is 1. The minimum absolute atomic E-state index is 0.123. The number of benzene rings is 2. The molecule has 0 aliphatic carbocycles. The molecule has 1 N–H and O–H groups in total. The van der Waals surface area contributed by atoms with Crippen molar-refractivity contribution in [3.63, 3.8) is 0 Å². The summed E-state index contributed by atoms with van der Waals surface area (Å²) in [7, 11) is 1.62. The highest BCUT2D eigenvalue weighted by molar-refractivity contribution is 5.97. The highest BCUT2D eigenvalue weighted by Crippen LogP contribution is 2.29. The number of aromatic nitrogens is 3. The van der Waals surface area contributed by atoms with E-state index in [1.165, 1.54) is 0 Å². The van der Waals surface area contributed by atoms with Gasteiger partial charge in [-0.15, -0.1) is 0 Å². The molecule has 4 rings (SSSR count). The lowest BCUT2D eigenvalue weighted by atomic mass is 10.0. The number of carbonyl (C=O) groups excluding carboxylic acids is 1.